The van der Waals surface area contributed by atoms with E-state index < -0.39 is 0 Å². The monoisotopic (exact) mass is 316 g/mol. The maximum atomic E-state index is 12.6. The van der Waals surface area contributed by atoms with E-state index in [9.17, 15) is 4.79 Å². The fourth-order valence-corrected chi connectivity index (χ4v) is 2.71. The standard InChI is InChI=1S/C17H24N4O2/c1-17(2,3)21-12-14(11-18-21)16(22)20-8-6-19(7-9-20)13-15-5-4-10-23-15/h4-5,10-12H,6-9,13H2,1-3H3. The summed E-state index contributed by atoms with van der Waals surface area (Å²) in [7, 11) is 0. The van der Waals surface area contributed by atoms with Crippen molar-refractivity contribution in [1.82, 2.24) is 19.6 Å². The first-order valence-corrected chi connectivity index (χ1v) is 8.02. The maximum Gasteiger partial charge on any atom is 0.257 e. The molecule has 3 heterocycles. The minimum Gasteiger partial charge on any atom is -0.468 e. The van der Waals surface area contributed by atoms with E-state index in [-0.39, 0.29) is 11.4 Å². The highest BCUT2D eigenvalue weighted by atomic mass is 16.3. The summed E-state index contributed by atoms with van der Waals surface area (Å²) in [5, 5.41) is 4.31. The Hall–Kier alpha value is -2.08. The first-order valence-electron chi connectivity index (χ1n) is 8.02. The van der Waals surface area contributed by atoms with Crippen molar-refractivity contribution in [2.45, 2.75) is 32.9 Å². The molecule has 0 saturated carbocycles. The minimum atomic E-state index is -0.111. The Balaban J connectivity index is 1.57. The molecule has 1 fully saturated rings. The molecule has 0 aromatic carbocycles. The predicted octanol–water partition coefficient (Wildman–Crippen LogP) is 2.19. The zero-order chi connectivity index (χ0) is 16.4. The van der Waals surface area contributed by atoms with E-state index in [2.05, 4.69) is 30.8 Å². The Labute approximate surface area is 136 Å². The van der Waals surface area contributed by atoms with Gasteiger partial charge in [-0.3, -0.25) is 14.4 Å². The largest absolute Gasteiger partial charge is 0.468 e. The Morgan fingerprint density at radius 2 is 2.00 bits per heavy atom. The minimum absolute atomic E-state index is 0.0677. The normalized spacial score (nSPS) is 16.7. The molecule has 2 aromatic heterocycles. The number of piperazine rings is 1. The third-order valence-electron chi connectivity index (χ3n) is 4.14. The van der Waals surface area contributed by atoms with Crippen molar-refractivity contribution >= 4 is 5.91 Å². The first-order chi connectivity index (χ1) is 10.9. The van der Waals surface area contributed by atoms with Crippen LogP contribution < -0.4 is 0 Å². The molecule has 0 bridgehead atoms. The number of rotatable bonds is 3. The number of carbonyl (C=O) groups is 1. The Morgan fingerprint density at radius 1 is 1.26 bits per heavy atom. The average Bonchev–Trinajstić information content (AvgIpc) is 3.18. The molecule has 6 nitrogen and oxygen atoms in total. The number of aromatic nitrogens is 2. The van der Waals surface area contributed by atoms with Crippen LogP contribution in [-0.4, -0.2) is 51.7 Å². The third kappa shape index (κ3) is 3.64. The number of nitrogens with zero attached hydrogens (tertiary/aromatic N) is 4. The van der Waals surface area contributed by atoms with E-state index in [4.69, 9.17) is 4.42 Å². The van der Waals surface area contributed by atoms with E-state index >= 15 is 0 Å². The molecule has 23 heavy (non-hydrogen) atoms. The van der Waals surface area contributed by atoms with E-state index in [1.54, 1.807) is 12.5 Å². The van der Waals surface area contributed by atoms with E-state index in [0.29, 0.717) is 5.56 Å². The van der Waals surface area contributed by atoms with E-state index in [1.165, 1.54) is 0 Å². The number of furan rings is 1. The molecule has 0 radical (unpaired) electrons. The molecule has 3 rings (SSSR count). The molecule has 0 spiro atoms. The van der Waals surface area contributed by atoms with E-state index in [0.717, 1.165) is 38.5 Å². The van der Waals surface area contributed by atoms with Crippen molar-refractivity contribution in [2.24, 2.45) is 0 Å². The molecule has 1 aliphatic rings. The summed E-state index contributed by atoms with van der Waals surface area (Å²) in [6.07, 6.45) is 5.21. The lowest BCUT2D eigenvalue weighted by atomic mass is 10.1. The third-order valence-corrected chi connectivity index (χ3v) is 4.14. The highest BCUT2D eigenvalue weighted by Crippen LogP contribution is 2.16. The fraction of sp³-hybridized carbons (Fsp3) is 0.529. The molecule has 1 saturated heterocycles. The highest BCUT2D eigenvalue weighted by Gasteiger charge is 2.24. The molecule has 0 atom stereocenters. The van der Waals surface area contributed by atoms with Crippen LogP contribution >= 0.6 is 0 Å². The van der Waals surface area contributed by atoms with Gasteiger partial charge in [-0.15, -0.1) is 0 Å². The molecule has 0 aliphatic carbocycles. The van der Waals surface area contributed by atoms with Crippen LogP contribution in [0.1, 0.15) is 36.9 Å². The quantitative estimate of drug-likeness (QED) is 0.871. The lowest BCUT2D eigenvalue weighted by Crippen LogP contribution is -2.48. The topological polar surface area (TPSA) is 54.5 Å². The zero-order valence-corrected chi connectivity index (χ0v) is 14.0. The van der Waals surface area contributed by atoms with Gasteiger partial charge in [0.15, 0.2) is 0 Å². The molecule has 0 unspecified atom stereocenters. The zero-order valence-electron chi connectivity index (χ0n) is 14.0. The van der Waals surface area contributed by atoms with Crippen LogP contribution in [-0.2, 0) is 12.1 Å². The van der Waals surface area contributed by atoms with Gasteiger partial charge in [0, 0.05) is 32.4 Å². The van der Waals surface area contributed by atoms with Gasteiger partial charge < -0.3 is 9.32 Å². The van der Waals surface area contributed by atoms with Crippen LogP contribution in [0.5, 0.6) is 0 Å². The summed E-state index contributed by atoms with van der Waals surface area (Å²) < 4.78 is 7.22. The molecule has 124 valence electrons. The smallest absolute Gasteiger partial charge is 0.257 e. The second kappa shape index (κ2) is 6.20. The highest BCUT2D eigenvalue weighted by molar-refractivity contribution is 5.93. The number of carbonyl (C=O) groups excluding carboxylic acids is 1. The van der Waals surface area contributed by atoms with Crippen molar-refractivity contribution in [1.29, 1.82) is 0 Å². The lowest BCUT2D eigenvalue weighted by Gasteiger charge is -2.34. The van der Waals surface area contributed by atoms with Gasteiger partial charge in [-0.1, -0.05) is 0 Å². The maximum absolute atomic E-state index is 12.6. The van der Waals surface area contributed by atoms with Crippen LogP contribution in [0, 0.1) is 0 Å². The number of hydrogen-bond donors (Lipinski definition) is 0. The summed E-state index contributed by atoms with van der Waals surface area (Å²) in [5.41, 5.74) is 0.555. The SMILES string of the molecule is CC(C)(C)n1cc(C(=O)N2CCN(Cc3ccco3)CC2)cn1. The van der Waals surface area contributed by atoms with Crippen molar-refractivity contribution in [3.63, 3.8) is 0 Å². The predicted molar refractivity (Wildman–Crippen MR) is 87.1 cm³/mol. The fourth-order valence-electron chi connectivity index (χ4n) is 2.71. The van der Waals surface area contributed by atoms with Gasteiger partial charge in [-0.25, -0.2) is 0 Å². The van der Waals surface area contributed by atoms with Crippen molar-refractivity contribution < 1.29 is 9.21 Å². The summed E-state index contributed by atoms with van der Waals surface area (Å²) in [6, 6.07) is 3.89. The molecule has 2 aromatic rings. The van der Waals surface area contributed by atoms with Crippen molar-refractivity contribution in [2.75, 3.05) is 26.2 Å². The van der Waals surface area contributed by atoms with E-state index in [1.807, 2.05) is 27.9 Å². The lowest BCUT2D eigenvalue weighted by molar-refractivity contribution is 0.0620. The Morgan fingerprint density at radius 3 is 2.57 bits per heavy atom. The molecular formula is C17H24N4O2. The first kappa shape index (κ1) is 15.8. The second-order valence-corrected chi connectivity index (χ2v) is 6.99. The van der Waals surface area contributed by atoms with Gasteiger partial charge in [-0.05, 0) is 32.9 Å². The summed E-state index contributed by atoms with van der Waals surface area (Å²) in [4.78, 5) is 16.8. The average molecular weight is 316 g/mol. The van der Waals surface area contributed by atoms with Crippen LogP contribution in [0.2, 0.25) is 0 Å². The van der Waals surface area contributed by atoms with Crippen LogP contribution in [0.25, 0.3) is 0 Å². The molecule has 1 amide bonds. The Kier molecular flexibility index (Phi) is 4.26. The van der Waals surface area contributed by atoms with Gasteiger partial charge in [-0.2, -0.15) is 5.10 Å². The summed E-state index contributed by atoms with van der Waals surface area (Å²) in [5.74, 6) is 1.04. The van der Waals surface area contributed by atoms with Gasteiger partial charge in [0.25, 0.3) is 5.91 Å². The van der Waals surface area contributed by atoms with Gasteiger partial charge in [0.05, 0.1) is 30.1 Å². The summed E-state index contributed by atoms with van der Waals surface area (Å²) in [6.45, 7) is 10.2. The molecular weight excluding hydrogens is 292 g/mol. The van der Waals surface area contributed by atoms with Crippen molar-refractivity contribution in [3.8, 4) is 0 Å². The van der Waals surface area contributed by atoms with Gasteiger partial charge in [0.1, 0.15) is 5.76 Å². The van der Waals surface area contributed by atoms with Crippen LogP contribution in [0.15, 0.2) is 35.2 Å². The molecule has 6 heteroatoms. The van der Waals surface area contributed by atoms with Crippen LogP contribution in [0.3, 0.4) is 0 Å². The van der Waals surface area contributed by atoms with Gasteiger partial charge >= 0.3 is 0 Å². The van der Waals surface area contributed by atoms with Gasteiger partial charge in [0.2, 0.25) is 0 Å². The summed E-state index contributed by atoms with van der Waals surface area (Å²) >= 11 is 0. The van der Waals surface area contributed by atoms with Crippen molar-refractivity contribution in [3.05, 3.63) is 42.1 Å². The van der Waals surface area contributed by atoms with Crippen LogP contribution in [0.4, 0.5) is 0 Å². The number of amides is 1. The molecule has 0 N–H and O–H groups in total. The second-order valence-electron chi connectivity index (χ2n) is 6.99. The molecule has 1 aliphatic heterocycles. The number of hydrogen-bond acceptors (Lipinski definition) is 4. The Bertz CT molecular complexity index is 646.